The largest absolute Gasteiger partial charge is 0.480 e. The molecule has 64 valence electrons. The quantitative estimate of drug-likeness (QED) is 0.533. The van der Waals surface area contributed by atoms with Crippen LogP contribution in [0.5, 0.6) is 0 Å². The van der Waals surface area contributed by atoms with Gasteiger partial charge < -0.3 is 15.3 Å². The Hall–Kier alpha value is -0.610. The Bertz CT molecular complexity index is 161. The summed E-state index contributed by atoms with van der Waals surface area (Å²) in [6, 6.07) is -0.324. The van der Waals surface area contributed by atoms with Crippen LogP contribution in [0.3, 0.4) is 0 Å². The summed E-state index contributed by atoms with van der Waals surface area (Å²) in [5, 5.41) is 11.7. The summed E-state index contributed by atoms with van der Waals surface area (Å²) < 4.78 is 0. The minimum absolute atomic E-state index is 0.0845. The van der Waals surface area contributed by atoms with Crippen molar-refractivity contribution < 1.29 is 9.90 Å². The summed E-state index contributed by atoms with van der Waals surface area (Å²) in [4.78, 5) is 12.7. The number of nitrogens with zero attached hydrogens (tertiary/aromatic N) is 1. The molecular formula is C7H14N2O2. The van der Waals surface area contributed by atoms with Gasteiger partial charge >= 0.3 is 5.97 Å². The Morgan fingerprint density at radius 3 is 2.82 bits per heavy atom. The van der Waals surface area contributed by atoms with Gasteiger partial charge in [-0.15, -0.1) is 0 Å². The highest BCUT2D eigenvalue weighted by Crippen LogP contribution is 2.05. The van der Waals surface area contributed by atoms with Gasteiger partial charge in [-0.2, -0.15) is 0 Å². The van der Waals surface area contributed by atoms with Crippen LogP contribution in [0.15, 0.2) is 0 Å². The molecular weight excluding hydrogens is 144 g/mol. The first kappa shape index (κ1) is 8.49. The van der Waals surface area contributed by atoms with E-state index in [1.165, 1.54) is 0 Å². The first-order valence-corrected chi connectivity index (χ1v) is 3.79. The summed E-state index contributed by atoms with van der Waals surface area (Å²) in [6.07, 6.45) is 0. The molecule has 0 amide bonds. The average molecular weight is 158 g/mol. The van der Waals surface area contributed by atoms with E-state index in [9.17, 15) is 4.79 Å². The number of hydrogen-bond acceptors (Lipinski definition) is 3. The van der Waals surface area contributed by atoms with Gasteiger partial charge in [0.05, 0.1) is 0 Å². The average Bonchev–Trinajstić information content (AvgIpc) is 1.94. The third kappa shape index (κ3) is 1.70. The highest BCUT2D eigenvalue weighted by atomic mass is 16.4. The van der Waals surface area contributed by atoms with Crippen molar-refractivity contribution in [3.63, 3.8) is 0 Å². The second-order valence-corrected chi connectivity index (χ2v) is 2.99. The Morgan fingerprint density at radius 2 is 2.36 bits per heavy atom. The number of carboxylic acids is 1. The SMILES string of the molecule is CC1C(C(=O)O)NCCN1C. The molecule has 2 unspecified atom stereocenters. The first-order chi connectivity index (χ1) is 5.13. The number of carbonyl (C=O) groups is 1. The first-order valence-electron chi connectivity index (χ1n) is 3.79. The molecule has 0 spiro atoms. The maximum Gasteiger partial charge on any atom is 0.322 e. The Labute approximate surface area is 66.2 Å². The van der Waals surface area contributed by atoms with Crippen LogP contribution in [0.25, 0.3) is 0 Å². The van der Waals surface area contributed by atoms with E-state index in [1.807, 2.05) is 14.0 Å². The highest BCUT2D eigenvalue weighted by Gasteiger charge is 2.30. The van der Waals surface area contributed by atoms with Crippen molar-refractivity contribution in [1.29, 1.82) is 0 Å². The fourth-order valence-electron chi connectivity index (χ4n) is 1.32. The molecule has 0 radical (unpaired) electrons. The molecule has 1 saturated heterocycles. The molecule has 1 rings (SSSR count). The molecule has 0 bridgehead atoms. The predicted molar refractivity (Wildman–Crippen MR) is 41.5 cm³/mol. The lowest BCUT2D eigenvalue weighted by atomic mass is 10.1. The van der Waals surface area contributed by atoms with Crippen LogP contribution in [-0.2, 0) is 4.79 Å². The van der Waals surface area contributed by atoms with Crippen LogP contribution in [-0.4, -0.2) is 48.2 Å². The third-order valence-corrected chi connectivity index (χ3v) is 2.27. The second-order valence-electron chi connectivity index (χ2n) is 2.99. The summed E-state index contributed by atoms with van der Waals surface area (Å²) >= 11 is 0. The van der Waals surface area contributed by atoms with Crippen molar-refractivity contribution in [3.8, 4) is 0 Å². The van der Waals surface area contributed by atoms with Gasteiger partial charge in [-0.3, -0.25) is 4.79 Å². The Morgan fingerprint density at radius 1 is 1.73 bits per heavy atom. The monoisotopic (exact) mass is 158 g/mol. The Balaban J connectivity index is 2.58. The molecule has 1 heterocycles. The highest BCUT2D eigenvalue weighted by molar-refractivity contribution is 5.74. The van der Waals surface area contributed by atoms with Gasteiger partial charge in [0, 0.05) is 19.1 Å². The van der Waals surface area contributed by atoms with Gasteiger partial charge in [0.25, 0.3) is 0 Å². The topological polar surface area (TPSA) is 52.6 Å². The van der Waals surface area contributed by atoms with Crippen molar-refractivity contribution in [2.24, 2.45) is 0 Å². The smallest absolute Gasteiger partial charge is 0.322 e. The summed E-state index contributed by atoms with van der Waals surface area (Å²) in [5.74, 6) is -0.760. The van der Waals surface area contributed by atoms with E-state index >= 15 is 0 Å². The van der Waals surface area contributed by atoms with Crippen LogP contribution in [0.4, 0.5) is 0 Å². The minimum atomic E-state index is -0.760. The van der Waals surface area contributed by atoms with Crippen LogP contribution in [0.1, 0.15) is 6.92 Å². The lowest BCUT2D eigenvalue weighted by Crippen LogP contribution is -2.58. The molecule has 0 aromatic rings. The van der Waals surface area contributed by atoms with E-state index < -0.39 is 12.0 Å². The molecule has 1 aliphatic heterocycles. The zero-order valence-corrected chi connectivity index (χ0v) is 6.87. The molecule has 0 saturated carbocycles. The zero-order valence-electron chi connectivity index (χ0n) is 6.87. The van der Waals surface area contributed by atoms with E-state index in [2.05, 4.69) is 10.2 Å². The van der Waals surface area contributed by atoms with Gasteiger partial charge in [0.1, 0.15) is 6.04 Å². The number of likely N-dealkylation sites (N-methyl/N-ethyl adjacent to an activating group) is 1. The van der Waals surface area contributed by atoms with Gasteiger partial charge in [-0.25, -0.2) is 0 Å². The molecule has 4 heteroatoms. The number of piperazine rings is 1. The molecule has 2 N–H and O–H groups in total. The molecule has 1 aliphatic rings. The summed E-state index contributed by atoms with van der Waals surface area (Å²) in [5.41, 5.74) is 0. The zero-order chi connectivity index (χ0) is 8.43. The van der Waals surface area contributed by atoms with E-state index in [4.69, 9.17) is 5.11 Å². The summed E-state index contributed by atoms with van der Waals surface area (Å²) in [6.45, 7) is 3.60. The summed E-state index contributed by atoms with van der Waals surface area (Å²) in [7, 11) is 1.95. The fraction of sp³-hybridized carbons (Fsp3) is 0.857. The van der Waals surface area contributed by atoms with Crippen molar-refractivity contribution in [2.75, 3.05) is 20.1 Å². The lowest BCUT2D eigenvalue weighted by molar-refractivity contribution is -0.141. The molecule has 0 aromatic carbocycles. The third-order valence-electron chi connectivity index (χ3n) is 2.27. The number of nitrogens with one attached hydrogen (secondary N) is 1. The van der Waals surface area contributed by atoms with E-state index in [-0.39, 0.29) is 6.04 Å². The number of rotatable bonds is 1. The molecule has 4 nitrogen and oxygen atoms in total. The van der Waals surface area contributed by atoms with Gasteiger partial charge in [0.2, 0.25) is 0 Å². The molecule has 0 aliphatic carbocycles. The van der Waals surface area contributed by atoms with Crippen LogP contribution in [0.2, 0.25) is 0 Å². The fourth-order valence-corrected chi connectivity index (χ4v) is 1.32. The van der Waals surface area contributed by atoms with Crippen LogP contribution >= 0.6 is 0 Å². The van der Waals surface area contributed by atoms with Gasteiger partial charge in [-0.05, 0) is 14.0 Å². The van der Waals surface area contributed by atoms with Crippen LogP contribution < -0.4 is 5.32 Å². The Kier molecular flexibility index (Phi) is 2.46. The van der Waals surface area contributed by atoms with Crippen molar-refractivity contribution in [3.05, 3.63) is 0 Å². The lowest BCUT2D eigenvalue weighted by Gasteiger charge is -2.35. The molecule has 1 fully saturated rings. The van der Waals surface area contributed by atoms with Gasteiger partial charge in [-0.1, -0.05) is 0 Å². The van der Waals surface area contributed by atoms with Crippen LogP contribution in [0, 0.1) is 0 Å². The van der Waals surface area contributed by atoms with Crippen molar-refractivity contribution in [2.45, 2.75) is 19.0 Å². The van der Waals surface area contributed by atoms with Crippen molar-refractivity contribution >= 4 is 5.97 Å². The number of carboxylic acid groups (broad SMARTS) is 1. The predicted octanol–water partition coefficient (Wildman–Crippen LogP) is -0.637. The molecule has 2 atom stereocenters. The number of aliphatic carboxylic acids is 1. The molecule has 11 heavy (non-hydrogen) atoms. The van der Waals surface area contributed by atoms with E-state index in [1.54, 1.807) is 0 Å². The van der Waals surface area contributed by atoms with E-state index in [0.29, 0.717) is 0 Å². The molecule has 0 aromatic heterocycles. The second kappa shape index (κ2) is 3.19. The maximum absolute atomic E-state index is 10.6. The normalized spacial score (nSPS) is 33.6. The standard InChI is InChI=1S/C7H14N2O2/c1-5-6(7(10)11)8-3-4-9(5)2/h5-6,8H,3-4H2,1-2H3,(H,10,11). The number of hydrogen-bond donors (Lipinski definition) is 2. The van der Waals surface area contributed by atoms with Crippen molar-refractivity contribution in [1.82, 2.24) is 10.2 Å². The van der Waals surface area contributed by atoms with E-state index in [0.717, 1.165) is 13.1 Å². The maximum atomic E-state index is 10.6. The minimum Gasteiger partial charge on any atom is -0.480 e. The van der Waals surface area contributed by atoms with Gasteiger partial charge in [0.15, 0.2) is 0 Å².